The van der Waals surface area contributed by atoms with Crippen molar-refractivity contribution < 1.29 is 31.6 Å². The third kappa shape index (κ3) is 11.3. The largest absolute Gasteiger partial charge is 0.419 e. The number of hydrogen-bond acceptors (Lipinski definition) is 7. The van der Waals surface area contributed by atoms with E-state index in [0.29, 0.717) is 50.1 Å². The van der Waals surface area contributed by atoms with E-state index in [9.17, 15) is 17.6 Å². The van der Waals surface area contributed by atoms with Gasteiger partial charge in [-0.15, -0.1) is 0 Å². The van der Waals surface area contributed by atoms with Crippen LogP contribution in [0.2, 0.25) is 0 Å². The molecule has 4 aromatic rings. The van der Waals surface area contributed by atoms with Gasteiger partial charge in [0.25, 0.3) is 0 Å². The molecule has 0 aliphatic carbocycles. The summed E-state index contributed by atoms with van der Waals surface area (Å²) in [6, 6.07) is 25.2. The van der Waals surface area contributed by atoms with E-state index >= 15 is 0 Å². The Hall–Kier alpha value is -3.55. The van der Waals surface area contributed by atoms with E-state index in [1.165, 1.54) is 12.1 Å². The molecule has 6 N–H and O–H groups in total. The molecule has 0 aliphatic rings. The van der Waals surface area contributed by atoms with Crippen molar-refractivity contribution in [2.24, 2.45) is 11.5 Å². The summed E-state index contributed by atoms with van der Waals surface area (Å²) < 4.78 is 74.3. The van der Waals surface area contributed by atoms with Crippen molar-refractivity contribution in [2.75, 3.05) is 39.4 Å². The second-order valence-corrected chi connectivity index (χ2v) is 10.9. The van der Waals surface area contributed by atoms with Crippen LogP contribution in [0.25, 0.3) is 0 Å². The van der Waals surface area contributed by atoms with Crippen molar-refractivity contribution in [2.45, 2.75) is 24.8 Å². The predicted octanol–water partition coefficient (Wildman–Crippen LogP) is 4.71. The maximum Gasteiger partial charge on any atom is 0.415 e. The predicted molar refractivity (Wildman–Crippen MR) is 177 cm³/mol. The molecular formula is C34H40B2F4N4O3. The molecular weight excluding hydrogens is 610 g/mol. The molecule has 13 heteroatoms. The van der Waals surface area contributed by atoms with Crippen LogP contribution in [0.1, 0.15) is 34.3 Å². The molecule has 0 fully saturated rings. The van der Waals surface area contributed by atoms with Crippen molar-refractivity contribution in [3.63, 3.8) is 0 Å². The zero-order chi connectivity index (χ0) is 33.4. The minimum atomic E-state index is -0.919. The van der Waals surface area contributed by atoms with Gasteiger partial charge < -0.3 is 36.0 Å². The highest BCUT2D eigenvalue weighted by atomic mass is 19.2. The zero-order valence-corrected chi connectivity index (χ0v) is 26.1. The van der Waals surface area contributed by atoms with Crippen molar-refractivity contribution in [1.82, 2.24) is 10.5 Å². The molecule has 0 heterocycles. The van der Waals surface area contributed by atoms with Crippen molar-refractivity contribution >= 4 is 14.1 Å². The molecule has 0 bridgehead atoms. The Kier molecular flexibility index (Phi) is 14.9. The summed E-state index contributed by atoms with van der Waals surface area (Å²) in [6.45, 7) is 1.85. The van der Waals surface area contributed by atoms with Gasteiger partial charge in [-0.05, 0) is 72.5 Å². The summed E-state index contributed by atoms with van der Waals surface area (Å²) in [4.78, 5) is 0. The lowest BCUT2D eigenvalue weighted by Gasteiger charge is -2.32. The molecule has 248 valence electrons. The van der Waals surface area contributed by atoms with E-state index in [4.69, 9.17) is 25.5 Å². The van der Waals surface area contributed by atoms with Crippen molar-refractivity contribution in [3.8, 4) is 0 Å². The first-order valence-electron chi connectivity index (χ1n) is 15.6. The molecule has 0 saturated carbocycles. The van der Waals surface area contributed by atoms with Crippen molar-refractivity contribution in [1.29, 1.82) is 0 Å². The number of nitrogens with two attached hydrogens (primary N) is 2. The van der Waals surface area contributed by atoms with E-state index in [2.05, 4.69) is 10.5 Å². The molecule has 47 heavy (non-hydrogen) atoms. The van der Waals surface area contributed by atoms with Crippen LogP contribution in [0.3, 0.4) is 0 Å². The second-order valence-electron chi connectivity index (χ2n) is 10.9. The number of nitrogens with one attached hydrogen (secondary N) is 2. The monoisotopic (exact) mass is 650 g/mol. The lowest BCUT2D eigenvalue weighted by molar-refractivity contribution is 0.0435. The van der Waals surface area contributed by atoms with Gasteiger partial charge in [-0.3, -0.25) is 0 Å². The Balaban J connectivity index is 1.61. The summed E-state index contributed by atoms with van der Waals surface area (Å²) in [5.74, 6) is -3.66. The Morgan fingerprint density at radius 1 is 0.553 bits per heavy atom. The van der Waals surface area contributed by atoms with Crippen LogP contribution < -0.4 is 21.9 Å². The van der Waals surface area contributed by atoms with Gasteiger partial charge in [0.1, 0.15) is 12.0 Å². The molecule has 4 aromatic carbocycles. The molecule has 0 amide bonds. The van der Waals surface area contributed by atoms with E-state index < -0.39 is 49.4 Å². The number of halogens is 4. The Labute approximate surface area is 274 Å². The third-order valence-electron chi connectivity index (χ3n) is 7.42. The molecule has 2 atom stereocenters. The standard InChI is InChI=1S/C34H40B2F4N4O3/c37-29-13-11-25(23-31(29)39)15-21-45-35(43-19-17-41)33(27-7-3-1-4-8-27)47-34(28-9-5-2-6-10-28)36(44-20-18-42)46-22-16-26-12-14-30(38)32(40)24-26/h1-14,23-24,33-34,43-44H,15-22,41-42H2. The maximum absolute atomic E-state index is 13.8. The number of hydrogen-bond donors (Lipinski definition) is 4. The first-order chi connectivity index (χ1) is 22.9. The molecule has 7 nitrogen and oxygen atoms in total. The topological polar surface area (TPSA) is 104 Å². The SMILES string of the molecule is NCCNB(OCCc1ccc(F)c(F)c1)C(OC(B(NCCN)OCCc1ccc(F)c(F)c1)c1ccccc1)c1ccccc1. The average molecular weight is 650 g/mol. The number of rotatable bonds is 20. The van der Waals surface area contributed by atoms with Gasteiger partial charge in [-0.2, -0.15) is 0 Å². The van der Waals surface area contributed by atoms with E-state index in [1.807, 2.05) is 60.7 Å². The number of ether oxygens (including phenoxy) is 1. The Morgan fingerprint density at radius 2 is 0.957 bits per heavy atom. The first kappa shape index (κ1) is 36.3. The molecule has 0 spiro atoms. The van der Waals surface area contributed by atoms with Gasteiger partial charge in [0.05, 0.1) is 0 Å². The smallest absolute Gasteiger partial charge is 0.415 e. The van der Waals surface area contributed by atoms with Gasteiger partial charge in [-0.1, -0.05) is 72.8 Å². The van der Waals surface area contributed by atoms with Crippen LogP contribution in [0.15, 0.2) is 97.1 Å². The fourth-order valence-corrected chi connectivity index (χ4v) is 5.05. The summed E-state index contributed by atoms with van der Waals surface area (Å²) in [7, 11) is -1.40. The lowest BCUT2D eigenvalue weighted by Crippen LogP contribution is -2.50. The summed E-state index contributed by atoms with van der Waals surface area (Å²) in [6.07, 6.45) is 0.658. The van der Waals surface area contributed by atoms with Gasteiger partial charge in [-0.25, -0.2) is 17.6 Å². The normalized spacial score (nSPS) is 12.6. The molecule has 2 unspecified atom stereocenters. The summed E-state index contributed by atoms with van der Waals surface area (Å²) in [5, 5.41) is 6.67. The summed E-state index contributed by atoms with van der Waals surface area (Å²) >= 11 is 0. The zero-order valence-electron chi connectivity index (χ0n) is 26.1. The quantitative estimate of drug-likeness (QED) is 0.0812. The lowest BCUT2D eigenvalue weighted by atomic mass is 9.67. The van der Waals surface area contributed by atoms with E-state index in [1.54, 1.807) is 0 Å². The van der Waals surface area contributed by atoms with Gasteiger partial charge in [0.15, 0.2) is 23.3 Å². The van der Waals surface area contributed by atoms with Crippen LogP contribution in [-0.4, -0.2) is 53.5 Å². The highest BCUT2D eigenvalue weighted by Gasteiger charge is 2.38. The average Bonchev–Trinajstić information content (AvgIpc) is 3.09. The molecule has 4 rings (SSSR count). The molecule has 0 radical (unpaired) electrons. The fourth-order valence-electron chi connectivity index (χ4n) is 5.05. The van der Waals surface area contributed by atoms with E-state index in [-0.39, 0.29) is 13.2 Å². The van der Waals surface area contributed by atoms with Crippen LogP contribution in [0, 0.1) is 23.3 Å². The maximum atomic E-state index is 13.8. The van der Waals surface area contributed by atoms with Gasteiger partial charge >= 0.3 is 14.1 Å². The fraction of sp³-hybridized carbons (Fsp3) is 0.294. The van der Waals surface area contributed by atoms with E-state index in [0.717, 1.165) is 35.4 Å². The first-order valence-corrected chi connectivity index (χ1v) is 15.6. The molecule has 0 saturated heterocycles. The summed E-state index contributed by atoms with van der Waals surface area (Å²) in [5.41, 5.74) is 14.5. The molecule has 0 aliphatic heterocycles. The van der Waals surface area contributed by atoms with Crippen LogP contribution in [0.5, 0.6) is 0 Å². The Bertz CT molecular complexity index is 1390. The highest BCUT2D eigenvalue weighted by Crippen LogP contribution is 2.30. The Morgan fingerprint density at radius 3 is 1.32 bits per heavy atom. The van der Waals surface area contributed by atoms with Crippen LogP contribution in [-0.2, 0) is 26.9 Å². The molecule has 0 aromatic heterocycles. The highest BCUT2D eigenvalue weighted by molar-refractivity contribution is 6.52. The number of benzene rings is 4. The third-order valence-corrected chi connectivity index (χ3v) is 7.42. The van der Waals surface area contributed by atoms with Crippen LogP contribution >= 0.6 is 0 Å². The minimum Gasteiger partial charge on any atom is -0.419 e. The van der Waals surface area contributed by atoms with Crippen molar-refractivity contribution in [3.05, 3.63) is 143 Å². The van der Waals surface area contributed by atoms with Gasteiger partial charge in [0, 0.05) is 26.3 Å². The second kappa shape index (κ2) is 19.3. The minimum absolute atomic E-state index is 0.176. The van der Waals surface area contributed by atoms with Gasteiger partial charge in [0.2, 0.25) is 0 Å². The van der Waals surface area contributed by atoms with Crippen LogP contribution in [0.4, 0.5) is 17.6 Å².